The zero-order chi connectivity index (χ0) is 9.14. The van der Waals surface area contributed by atoms with Gasteiger partial charge in [0, 0.05) is 12.6 Å². The van der Waals surface area contributed by atoms with Crippen LogP contribution in [0.4, 0.5) is 5.82 Å². The fourth-order valence-electron chi connectivity index (χ4n) is 1.04. The van der Waals surface area contributed by atoms with E-state index in [1.807, 2.05) is 13.8 Å². The molecule has 64 valence electrons. The van der Waals surface area contributed by atoms with Gasteiger partial charge in [-0.05, 0) is 5.92 Å². The number of aromatic nitrogens is 2. The van der Waals surface area contributed by atoms with E-state index in [1.54, 1.807) is 17.9 Å². The van der Waals surface area contributed by atoms with Crippen molar-refractivity contribution in [1.82, 2.24) is 9.78 Å². The molecule has 4 heteroatoms. The van der Waals surface area contributed by atoms with E-state index in [9.17, 15) is 4.79 Å². The summed E-state index contributed by atoms with van der Waals surface area (Å²) in [5.41, 5.74) is 0.973. The average Bonchev–Trinajstić information content (AvgIpc) is 2.34. The van der Waals surface area contributed by atoms with E-state index in [-0.39, 0.29) is 0 Å². The molecule has 1 aromatic heterocycles. The van der Waals surface area contributed by atoms with Gasteiger partial charge in [-0.25, -0.2) is 4.79 Å². The van der Waals surface area contributed by atoms with E-state index in [0.717, 1.165) is 5.56 Å². The van der Waals surface area contributed by atoms with Crippen molar-refractivity contribution in [3.63, 3.8) is 0 Å². The maximum Gasteiger partial charge on any atom is 0.242 e. The molecule has 12 heavy (non-hydrogen) atoms. The molecule has 0 amide bonds. The van der Waals surface area contributed by atoms with Gasteiger partial charge >= 0.3 is 0 Å². The maximum atomic E-state index is 10.1. The van der Waals surface area contributed by atoms with Gasteiger partial charge in [0.15, 0.2) is 5.82 Å². The number of aliphatic imine (C=N–C) groups is 1. The Bertz CT molecular complexity index is 321. The van der Waals surface area contributed by atoms with Crippen LogP contribution < -0.4 is 0 Å². The number of hydrogen-bond acceptors (Lipinski definition) is 3. The number of rotatable bonds is 2. The zero-order valence-electron chi connectivity index (χ0n) is 7.40. The summed E-state index contributed by atoms with van der Waals surface area (Å²) in [5.74, 6) is 0.922. The molecule has 0 atom stereocenters. The topological polar surface area (TPSA) is 47.2 Å². The number of isocyanates is 1. The third-order valence-corrected chi connectivity index (χ3v) is 1.71. The first-order valence-corrected chi connectivity index (χ1v) is 3.76. The van der Waals surface area contributed by atoms with Crippen LogP contribution in [0.15, 0.2) is 11.2 Å². The largest absolute Gasteiger partial charge is 0.250 e. The summed E-state index contributed by atoms with van der Waals surface area (Å²) in [7, 11) is 1.75. The predicted octanol–water partition coefficient (Wildman–Crippen LogP) is 1.51. The monoisotopic (exact) mass is 165 g/mol. The molecule has 0 fully saturated rings. The Labute approximate surface area is 70.9 Å². The number of carbonyl (C=O) groups excluding carboxylic acids is 1. The lowest BCUT2D eigenvalue weighted by molar-refractivity contribution is 0.564. The fraction of sp³-hybridized carbons (Fsp3) is 0.500. The van der Waals surface area contributed by atoms with Gasteiger partial charge in [0.05, 0.1) is 6.20 Å². The molecule has 0 unspecified atom stereocenters. The molecule has 0 aliphatic rings. The van der Waals surface area contributed by atoms with Crippen molar-refractivity contribution in [2.45, 2.75) is 19.8 Å². The third-order valence-electron chi connectivity index (χ3n) is 1.71. The SMILES string of the molecule is CC(C)c1cnn(C)c1N=C=O. The van der Waals surface area contributed by atoms with Crippen molar-refractivity contribution < 1.29 is 4.79 Å². The molecular formula is C8H11N3O. The minimum absolute atomic E-state index is 0.325. The van der Waals surface area contributed by atoms with Crippen LogP contribution in [0.25, 0.3) is 0 Å². The van der Waals surface area contributed by atoms with Gasteiger partial charge in [-0.1, -0.05) is 13.8 Å². The van der Waals surface area contributed by atoms with Gasteiger partial charge in [0.2, 0.25) is 6.08 Å². The third kappa shape index (κ3) is 1.43. The number of nitrogens with zero attached hydrogens (tertiary/aromatic N) is 3. The summed E-state index contributed by atoms with van der Waals surface area (Å²) in [4.78, 5) is 13.6. The van der Waals surface area contributed by atoms with Crippen molar-refractivity contribution in [3.8, 4) is 0 Å². The van der Waals surface area contributed by atoms with Crippen LogP contribution in [0.1, 0.15) is 25.3 Å². The van der Waals surface area contributed by atoms with E-state index in [4.69, 9.17) is 0 Å². The second-order valence-electron chi connectivity index (χ2n) is 2.90. The number of aryl methyl sites for hydroxylation is 1. The van der Waals surface area contributed by atoms with Crippen LogP contribution in [-0.2, 0) is 11.8 Å². The summed E-state index contributed by atoms with van der Waals surface area (Å²) in [6.45, 7) is 4.06. The van der Waals surface area contributed by atoms with Crippen molar-refractivity contribution in [1.29, 1.82) is 0 Å². The van der Waals surface area contributed by atoms with Gasteiger partial charge < -0.3 is 0 Å². The lowest BCUT2D eigenvalue weighted by Crippen LogP contribution is -1.90. The van der Waals surface area contributed by atoms with Crippen molar-refractivity contribution in [2.75, 3.05) is 0 Å². The zero-order valence-corrected chi connectivity index (χ0v) is 7.40. The summed E-state index contributed by atoms with van der Waals surface area (Å²) in [6, 6.07) is 0. The molecule has 0 aliphatic heterocycles. The highest BCUT2D eigenvalue weighted by molar-refractivity contribution is 5.49. The maximum absolute atomic E-state index is 10.1. The molecule has 0 spiro atoms. The molecule has 1 rings (SSSR count). The van der Waals surface area contributed by atoms with Crippen molar-refractivity contribution in [3.05, 3.63) is 11.8 Å². The first-order valence-electron chi connectivity index (χ1n) is 3.76. The van der Waals surface area contributed by atoms with E-state index >= 15 is 0 Å². The van der Waals surface area contributed by atoms with Gasteiger partial charge in [0.25, 0.3) is 0 Å². The fourth-order valence-corrected chi connectivity index (χ4v) is 1.04. The molecule has 0 radical (unpaired) electrons. The summed E-state index contributed by atoms with van der Waals surface area (Å²) in [5, 5.41) is 4.00. The lowest BCUT2D eigenvalue weighted by atomic mass is 10.1. The quantitative estimate of drug-likeness (QED) is 0.492. The van der Waals surface area contributed by atoms with Crippen LogP contribution in [0.3, 0.4) is 0 Å². The van der Waals surface area contributed by atoms with Crippen LogP contribution in [0.2, 0.25) is 0 Å². The second kappa shape index (κ2) is 3.32. The highest BCUT2D eigenvalue weighted by Crippen LogP contribution is 2.24. The summed E-state index contributed by atoms with van der Waals surface area (Å²) >= 11 is 0. The van der Waals surface area contributed by atoms with Gasteiger partial charge in [-0.15, -0.1) is 4.99 Å². The Hall–Kier alpha value is -1.41. The van der Waals surface area contributed by atoms with Gasteiger partial charge in [-0.2, -0.15) is 5.10 Å². The van der Waals surface area contributed by atoms with E-state index < -0.39 is 0 Å². The molecule has 0 N–H and O–H groups in total. The molecule has 0 saturated carbocycles. The Balaban J connectivity index is 3.21. The molecule has 0 aliphatic carbocycles. The second-order valence-corrected chi connectivity index (χ2v) is 2.90. The van der Waals surface area contributed by atoms with Crippen LogP contribution in [0, 0.1) is 0 Å². The molecule has 0 saturated heterocycles. The first kappa shape index (κ1) is 8.68. The minimum atomic E-state index is 0.325. The Kier molecular flexibility index (Phi) is 2.41. The first-order chi connectivity index (χ1) is 5.66. The standard InChI is InChI=1S/C8H11N3O/c1-6(2)7-4-10-11(3)8(7)9-5-12/h4,6H,1-3H3. The molecule has 0 bridgehead atoms. The minimum Gasteiger partial charge on any atom is -0.250 e. The van der Waals surface area contributed by atoms with Crippen molar-refractivity contribution >= 4 is 11.9 Å². The van der Waals surface area contributed by atoms with Crippen molar-refractivity contribution in [2.24, 2.45) is 12.0 Å². The Morgan fingerprint density at radius 2 is 2.33 bits per heavy atom. The predicted molar refractivity (Wildman–Crippen MR) is 45.1 cm³/mol. The Morgan fingerprint density at radius 3 is 2.83 bits per heavy atom. The highest BCUT2D eigenvalue weighted by atomic mass is 16.1. The molecule has 0 aromatic carbocycles. The smallest absolute Gasteiger partial charge is 0.242 e. The van der Waals surface area contributed by atoms with Gasteiger partial charge in [0.1, 0.15) is 0 Å². The number of hydrogen-bond donors (Lipinski definition) is 0. The van der Waals surface area contributed by atoms with E-state index in [1.165, 1.54) is 6.08 Å². The van der Waals surface area contributed by atoms with Crippen LogP contribution in [-0.4, -0.2) is 15.9 Å². The van der Waals surface area contributed by atoms with Crippen LogP contribution >= 0.6 is 0 Å². The molecule has 4 nitrogen and oxygen atoms in total. The molecule has 1 heterocycles. The average molecular weight is 165 g/mol. The Morgan fingerprint density at radius 1 is 1.67 bits per heavy atom. The normalized spacial score (nSPS) is 10.0. The van der Waals surface area contributed by atoms with Crippen LogP contribution in [0.5, 0.6) is 0 Å². The highest BCUT2D eigenvalue weighted by Gasteiger charge is 2.10. The van der Waals surface area contributed by atoms with E-state index in [0.29, 0.717) is 11.7 Å². The van der Waals surface area contributed by atoms with E-state index in [2.05, 4.69) is 10.1 Å². The lowest BCUT2D eigenvalue weighted by Gasteiger charge is -2.01. The summed E-state index contributed by atoms with van der Waals surface area (Å²) < 4.78 is 1.57. The van der Waals surface area contributed by atoms with Gasteiger partial charge in [-0.3, -0.25) is 4.68 Å². The molecular weight excluding hydrogens is 154 g/mol. The summed E-state index contributed by atoms with van der Waals surface area (Å²) in [6.07, 6.45) is 3.24. The molecule has 1 aromatic rings.